The zero-order chi connectivity index (χ0) is 17.9. The SMILES string of the molecule is O=C(NC(CC(F)F)C(=O)O)c1cccc(S(=O)(=O)NC2CC2)c1. The third kappa shape index (κ3) is 4.96. The number of carbonyl (C=O) groups is 2. The molecule has 0 heterocycles. The average molecular weight is 362 g/mol. The van der Waals surface area contributed by atoms with Crippen molar-refractivity contribution in [3.05, 3.63) is 29.8 Å². The van der Waals surface area contributed by atoms with Crippen LogP contribution in [0.1, 0.15) is 29.6 Å². The van der Waals surface area contributed by atoms with E-state index in [0.29, 0.717) is 0 Å². The van der Waals surface area contributed by atoms with E-state index in [4.69, 9.17) is 5.11 Å². The van der Waals surface area contributed by atoms with Crippen LogP contribution >= 0.6 is 0 Å². The molecular weight excluding hydrogens is 346 g/mol. The van der Waals surface area contributed by atoms with Crippen molar-refractivity contribution in [1.82, 2.24) is 10.0 Å². The van der Waals surface area contributed by atoms with Crippen LogP contribution in [0.25, 0.3) is 0 Å². The molecule has 1 atom stereocenters. The predicted octanol–water partition coefficient (Wildman–Crippen LogP) is 0.965. The molecule has 1 aromatic rings. The van der Waals surface area contributed by atoms with Crippen LogP contribution in [0.2, 0.25) is 0 Å². The van der Waals surface area contributed by atoms with Crippen LogP contribution in [0, 0.1) is 0 Å². The highest BCUT2D eigenvalue weighted by Gasteiger charge is 2.29. The molecular formula is C14H16F2N2O5S. The van der Waals surface area contributed by atoms with Crippen LogP contribution in [-0.4, -0.2) is 43.9 Å². The van der Waals surface area contributed by atoms with Gasteiger partial charge in [-0.15, -0.1) is 0 Å². The summed E-state index contributed by atoms with van der Waals surface area (Å²) in [6.07, 6.45) is -2.45. The number of nitrogens with one attached hydrogen (secondary N) is 2. The van der Waals surface area contributed by atoms with Crippen LogP contribution in [0.4, 0.5) is 8.78 Å². The summed E-state index contributed by atoms with van der Waals surface area (Å²) < 4.78 is 51.3. The van der Waals surface area contributed by atoms with Gasteiger partial charge in [-0.25, -0.2) is 26.7 Å². The molecule has 3 N–H and O–H groups in total. The van der Waals surface area contributed by atoms with Crippen LogP contribution in [-0.2, 0) is 14.8 Å². The average Bonchev–Trinajstić information content (AvgIpc) is 3.29. The molecule has 0 bridgehead atoms. The van der Waals surface area contributed by atoms with Gasteiger partial charge >= 0.3 is 5.97 Å². The number of rotatable bonds is 8. The first kappa shape index (κ1) is 18.3. The lowest BCUT2D eigenvalue weighted by molar-refractivity contribution is -0.140. The number of alkyl halides is 2. The number of benzene rings is 1. The number of amides is 1. The fourth-order valence-corrected chi connectivity index (χ4v) is 3.28. The molecule has 1 unspecified atom stereocenters. The van der Waals surface area contributed by atoms with E-state index in [1.807, 2.05) is 5.32 Å². The molecule has 0 aromatic heterocycles. The summed E-state index contributed by atoms with van der Waals surface area (Å²) in [5, 5.41) is 10.8. The molecule has 0 radical (unpaired) electrons. The highest BCUT2D eigenvalue weighted by molar-refractivity contribution is 7.89. The number of sulfonamides is 1. The van der Waals surface area contributed by atoms with Crippen molar-refractivity contribution in [1.29, 1.82) is 0 Å². The van der Waals surface area contributed by atoms with Gasteiger partial charge in [0.25, 0.3) is 5.91 Å². The van der Waals surface area contributed by atoms with Crippen LogP contribution in [0.15, 0.2) is 29.2 Å². The Morgan fingerprint density at radius 1 is 1.29 bits per heavy atom. The highest BCUT2D eigenvalue weighted by atomic mass is 32.2. The molecule has 0 saturated heterocycles. The fraction of sp³-hybridized carbons (Fsp3) is 0.429. The standard InChI is InChI=1S/C14H16F2N2O5S/c15-12(16)7-11(14(20)21)17-13(19)8-2-1-3-10(6-8)24(22,23)18-9-4-5-9/h1-3,6,9,11-12,18H,4-5,7H2,(H,17,19)(H,20,21). The summed E-state index contributed by atoms with van der Waals surface area (Å²) in [5.74, 6) is -2.53. The Balaban J connectivity index is 2.14. The minimum absolute atomic E-state index is 0.116. The van der Waals surface area contributed by atoms with Gasteiger partial charge in [-0.05, 0) is 31.0 Å². The Bertz CT molecular complexity index is 734. The topological polar surface area (TPSA) is 113 Å². The van der Waals surface area contributed by atoms with E-state index in [9.17, 15) is 26.8 Å². The first-order chi connectivity index (χ1) is 11.2. The van der Waals surface area contributed by atoms with Gasteiger partial charge in [0.15, 0.2) is 0 Å². The van der Waals surface area contributed by atoms with Crippen LogP contribution in [0.5, 0.6) is 0 Å². The number of carboxylic acids is 1. The van der Waals surface area contributed by atoms with Gasteiger partial charge in [0.1, 0.15) is 6.04 Å². The molecule has 1 aliphatic rings. The molecule has 0 spiro atoms. The van der Waals surface area contributed by atoms with Gasteiger partial charge in [0, 0.05) is 18.0 Å². The molecule has 10 heteroatoms. The quantitative estimate of drug-likeness (QED) is 0.638. The number of halogens is 2. The van der Waals surface area contributed by atoms with Crippen molar-refractivity contribution < 1.29 is 31.9 Å². The predicted molar refractivity (Wildman–Crippen MR) is 79.3 cm³/mol. The van der Waals surface area contributed by atoms with Gasteiger partial charge in [-0.2, -0.15) is 0 Å². The van der Waals surface area contributed by atoms with E-state index in [0.717, 1.165) is 18.9 Å². The maximum atomic E-state index is 12.3. The van der Waals surface area contributed by atoms with Crippen LogP contribution in [0.3, 0.4) is 0 Å². The Morgan fingerprint density at radius 2 is 1.96 bits per heavy atom. The molecule has 24 heavy (non-hydrogen) atoms. The number of hydrogen-bond donors (Lipinski definition) is 3. The lowest BCUT2D eigenvalue weighted by Gasteiger charge is -2.14. The first-order valence-corrected chi connectivity index (χ1v) is 8.61. The monoisotopic (exact) mass is 362 g/mol. The second-order valence-electron chi connectivity index (χ2n) is 5.41. The summed E-state index contributed by atoms with van der Waals surface area (Å²) in [6.45, 7) is 0. The number of carbonyl (C=O) groups excluding carboxylic acids is 1. The third-order valence-electron chi connectivity index (χ3n) is 3.32. The molecule has 7 nitrogen and oxygen atoms in total. The smallest absolute Gasteiger partial charge is 0.326 e. The van der Waals surface area contributed by atoms with E-state index in [-0.39, 0.29) is 16.5 Å². The Kier molecular flexibility index (Phi) is 5.50. The molecule has 1 saturated carbocycles. The fourth-order valence-electron chi connectivity index (χ4n) is 1.93. The Hall–Kier alpha value is -2.07. The van der Waals surface area contributed by atoms with Crippen molar-refractivity contribution >= 4 is 21.9 Å². The minimum Gasteiger partial charge on any atom is -0.480 e. The molecule has 0 aliphatic heterocycles. The zero-order valence-electron chi connectivity index (χ0n) is 12.4. The molecule has 132 valence electrons. The van der Waals surface area contributed by atoms with Crippen molar-refractivity contribution in [2.45, 2.75) is 42.7 Å². The first-order valence-electron chi connectivity index (χ1n) is 7.13. The number of hydrogen-bond acceptors (Lipinski definition) is 4. The number of carboxylic acid groups (broad SMARTS) is 1. The Morgan fingerprint density at radius 3 is 2.50 bits per heavy atom. The van der Waals surface area contributed by atoms with Gasteiger partial charge < -0.3 is 10.4 Å². The van der Waals surface area contributed by atoms with E-state index < -0.39 is 40.8 Å². The highest BCUT2D eigenvalue weighted by Crippen LogP contribution is 2.22. The molecule has 1 amide bonds. The van der Waals surface area contributed by atoms with Gasteiger partial charge in [0.2, 0.25) is 16.4 Å². The lowest BCUT2D eigenvalue weighted by atomic mass is 10.1. The Labute approximate surface area is 137 Å². The van der Waals surface area contributed by atoms with E-state index in [2.05, 4.69) is 4.72 Å². The minimum atomic E-state index is -3.78. The van der Waals surface area contributed by atoms with Crippen molar-refractivity contribution in [2.75, 3.05) is 0 Å². The summed E-state index contributed by atoms with van der Waals surface area (Å²) >= 11 is 0. The molecule has 1 fully saturated rings. The molecule has 1 aromatic carbocycles. The summed E-state index contributed by atoms with van der Waals surface area (Å²) in [5.41, 5.74) is -0.130. The van der Waals surface area contributed by atoms with Gasteiger partial charge in [0.05, 0.1) is 4.90 Å². The zero-order valence-corrected chi connectivity index (χ0v) is 13.2. The molecule has 1 aliphatic carbocycles. The molecule has 2 rings (SSSR count). The van der Waals surface area contributed by atoms with Crippen molar-refractivity contribution in [3.63, 3.8) is 0 Å². The second-order valence-corrected chi connectivity index (χ2v) is 7.13. The van der Waals surface area contributed by atoms with E-state index >= 15 is 0 Å². The van der Waals surface area contributed by atoms with E-state index in [1.54, 1.807) is 0 Å². The summed E-state index contributed by atoms with van der Waals surface area (Å²) in [7, 11) is -3.78. The van der Waals surface area contributed by atoms with Crippen molar-refractivity contribution in [2.24, 2.45) is 0 Å². The maximum Gasteiger partial charge on any atom is 0.326 e. The summed E-state index contributed by atoms with van der Waals surface area (Å²) in [6, 6.07) is 3.07. The normalized spacial score (nSPS) is 16.0. The van der Waals surface area contributed by atoms with Crippen molar-refractivity contribution in [3.8, 4) is 0 Å². The third-order valence-corrected chi connectivity index (χ3v) is 4.84. The van der Waals surface area contributed by atoms with Gasteiger partial charge in [-0.3, -0.25) is 4.79 Å². The van der Waals surface area contributed by atoms with E-state index in [1.165, 1.54) is 18.2 Å². The second kappa shape index (κ2) is 7.22. The van der Waals surface area contributed by atoms with Crippen LogP contribution < -0.4 is 10.0 Å². The van der Waals surface area contributed by atoms with Gasteiger partial charge in [-0.1, -0.05) is 6.07 Å². The number of aliphatic carboxylic acids is 1. The largest absolute Gasteiger partial charge is 0.480 e. The summed E-state index contributed by atoms with van der Waals surface area (Å²) in [4.78, 5) is 22.8. The lowest BCUT2D eigenvalue weighted by Crippen LogP contribution is -2.42. The maximum absolute atomic E-state index is 12.3.